The second kappa shape index (κ2) is 11.0. The van der Waals surface area contributed by atoms with Gasteiger partial charge in [0, 0.05) is 64.1 Å². The minimum atomic E-state index is -4.74. The number of rotatable bonds is 7. The Kier molecular flexibility index (Phi) is 7.55. The fraction of sp³-hybridized carbons (Fsp3) is 0.345. The highest BCUT2D eigenvalue weighted by molar-refractivity contribution is 5.99. The number of aryl methyl sites for hydroxylation is 1. The normalized spacial score (nSPS) is 16.3. The molecule has 1 amide bonds. The molecule has 0 N–H and O–H groups in total. The van der Waals surface area contributed by atoms with E-state index in [9.17, 15) is 23.2 Å². The summed E-state index contributed by atoms with van der Waals surface area (Å²) in [4.78, 5) is 23.9. The molecule has 202 valence electrons. The quantitative estimate of drug-likeness (QED) is 0.439. The number of fused-ring (bicyclic) bond motifs is 1. The van der Waals surface area contributed by atoms with Crippen LogP contribution in [0.5, 0.6) is 5.75 Å². The van der Waals surface area contributed by atoms with Crippen LogP contribution in [0.15, 0.2) is 54.7 Å². The Hall–Kier alpha value is -3.94. The SMILES string of the molecule is Cc1cc(CN2CCN(Cc3ncccc3C#N)CC2)cc2c1C(=O)N(Cc1ccc(OC(F)(F)F)cc1)C2. The first kappa shape index (κ1) is 26.7. The number of halogens is 3. The van der Waals surface area contributed by atoms with E-state index in [1.165, 1.54) is 12.1 Å². The highest BCUT2D eigenvalue weighted by atomic mass is 19.4. The van der Waals surface area contributed by atoms with Gasteiger partial charge in [-0.05, 0) is 53.4 Å². The number of aromatic nitrogens is 1. The number of hydrogen-bond acceptors (Lipinski definition) is 6. The predicted molar refractivity (Wildman–Crippen MR) is 137 cm³/mol. The Bertz CT molecular complexity index is 1390. The number of nitrogens with zero attached hydrogens (tertiary/aromatic N) is 5. The van der Waals surface area contributed by atoms with E-state index >= 15 is 0 Å². The van der Waals surface area contributed by atoms with Crippen molar-refractivity contribution < 1.29 is 22.7 Å². The molecule has 1 saturated heterocycles. The molecule has 3 heterocycles. The second-order valence-electron chi connectivity index (χ2n) is 9.96. The Labute approximate surface area is 225 Å². The van der Waals surface area contributed by atoms with Crippen LogP contribution < -0.4 is 4.74 Å². The van der Waals surface area contributed by atoms with Gasteiger partial charge in [-0.15, -0.1) is 13.2 Å². The van der Waals surface area contributed by atoms with Crippen LogP contribution in [0.4, 0.5) is 13.2 Å². The second-order valence-corrected chi connectivity index (χ2v) is 9.96. The molecule has 7 nitrogen and oxygen atoms in total. The molecular weight excluding hydrogens is 507 g/mol. The van der Waals surface area contributed by atoms with Gasteiger partial charge in [0.05, 0.1) is 11.3 Å². The molecule has 2 aromatic carbocycles. The van der Waals surface area contributed by atoms with Crippen molar-refractivity contribution in [3.63, 3.8) is 0 Å². The number of carbonyl (C=O) groups excluding carboxylic acids is 1. The summed E-state index contributed by atoms with van der Waals surface area (Å²) in [6.45, 7) is 7.70. The maximum Gasteiger partial charge on any atom is 0.573 e. The van der Waals surface area contributed by atoms with Crippen LogP contribution in [0.25, 0.3) is 0 Å². The van der Waals surface area contributed by atoms with E-state index in [1.54, 1.807) is 35.4 Å². The summed E-state index contributed by atoms with van der Waals surface area (Å²) < 4.78 is 41.2. The topological polar surface area (TPSA) is 72.7 Å². The van der Waals surface area contributed by atoms with Crippen molar-refractivity contribution in [2.75, 3.05) is 26.2 Å². The van der Waals surface area contributed by atoms with Gasteiger partial charge in [0.15, 0.2) is 0 Å². The van der Waals surface area contributed by atoms with Crippen LogP contribution in [0.1, 0.15) is 43.9 Å². The van der Waals surface area contributed by atoms with Crippen LogP contribution in [-0.2, 0) is 26.2 Å². The Morgan fingerprint density at radius 2 is 1.67 bits per heavy atom. The molecule has 0 saturated carbocycles. The lowest BCUT2D eigenvalue weighted by atomic mass is 10.00. The number of pyridine rings is 1. The fourth-order valence-corrected chi connectivity index (χ4v) is 5.28. The number of amides is 1. The summed E-state index contributed by atoms with van der Waals surface area (Å²) in [7, 11) is 0. The number of carbonyl (C=O) groups is 1. The van der Waals surface area contributed by atoms with Crippen molar-refractivity contribution >= 4 is 5.91 Å². The zero-order valence-electron chi connectivity index (χ0n) is 21.5. The van der Waals surface area contributed by atoms with Gasteiger partial charge < -0.3 is 9.64 Å². The molecule has 5 rings (SSSR count). The maximum atomic E-state index is 13.1. The van der Waals surface area contributed by atoms with Gasteiger partial charge in [0.1, 0.15) is 11.8 Å². The van der Waals surface area contributed by atoms with Crippen molar-refractivity contribution in [3.8, 4) is 11.8 Å². The van der Waals surface area contributed by atoms with E-state index in [1.807, 2.05) is 6.92 Å². The largest absolute Gasteiger partial charge is 0.573 e. The fourth-order valence-electron chi connectivity index (χ4n) is 5.28. The first-order chi connectivity index (χ1) is 18.7. The first-order valence-corrected chi connectivity index (χ1v) is 12.7. The van der Waals surface area contributed by atoms with Gasteiger partial charge in [0.25, 0.3) is 5.91 Å². The molecule has 2 aliphatic rings. The van der Waals surface area contributed by atoms with E-state index in [4.69, 9.17) is 0 Å². The van der Waals surface area contributed by atoms with Gasteiger partial charge in [-0.25, -0.2) is 0 Å². The number of hydrogen-bond donors (Lipinski definition) is 0. The van der Waals surface area contributed by atoms with Crippen LogP contribution in [0.2, 0.25) is 0 Å². The van der Waals surface area contributed by atoms with Crippen molar-refractivity contribution in [2.24, 2.45) is 0 Å². The van der Waals surface area contributed by atoms with Gasteiger partial charge in [0.2, 0.25) is 0 Å². The molecule has 0 radical (unpaired) electrons. The standard InChI is InChI=1S/C29H28F3N5O2/c1-20-13-22(16-35-9-11-36(12-10-35)19-26-23(15-33)3-2-8-34-26)14-24-18-37(28(38)27(20)24)17-21-4-6-25(7-5-21)39-29(30,31)32/h2-8,13-14H,9-12,16-19H2,1H3. The molecule has 10 heteroatoms. The summed E-state index contributed by atoms with van der Waals surface area (Å²) in [6, 6.07) is 15.6. The van der Waals surface area contributed by atoms with Crippen molar-refractivity contribution in [1.82, 2.24) is 19.7 Å². The number of benzene rings is 2. The van der Waals surface area contributed by atoms with Crippen LogP contribution in [-0.4, -0.2) is 58.1 Å². The Morgan fingerprint density at radius 1 is 0.974 bits per heavy atom. The predicted octanol–water partition coefficient (Wildman–Crippen LogP) is 4.63. The summed E-state index contributed by atoms with van der Waals surface area (Å²) >= 11 is 0. The molecule has 3 aromatic rings. The number of nitriles is 1. The molecule has 1 fully saturated rings. The molecular formula is C29H28F3N5O2. The molecule has 39 heavy (non-hydrogen) atoms. The zero-order chi connectivity index (χ0) is 27.6. The maximum absolute atomic E-state index is 13.1. The Balaban J connectivity index is 1.18. The molecule has 0 atom stereocenters. The summed E-state index contributed by atoms with van der Waals surface area (Å²) in [5.41, 5.74) is 5.93. The van der Waals surface area contributed by atoms with E-state index in [0.29, 0.717) is 30.8 Å². The van der Waals surface area contributed by atoms with E-state index in [0.717, 1.165) is 60.7 Å². The highest BCUT2D eigenvalue weighted by Crippen LogP contribution is 2.30. The number of ether oxygens (including phenoxy) is 1. The number of piperazine rings is 1. The first-order valence-electron chi connectivity index (χ1n) is 12.7. The van der Waals surface area contributed by atoms with Crippen LogP contribution >= 0.6 is 0 Å². The summed E-state index contributed by atoms with van der Waals surface area (Å²) in [5.74, 6) is -0.350. The molecule has 2 aliphatic heterocycles. The average Bonchev–Trinajstić information content (AvgIpc) is 3.21. The van der Waals surface area contributed by atoms with Gasteiger partial charge in [-0.1, -0.05) is 24.3 Å². The van der Waals surface area contributed by atoms with Crippen LogP contribution in [0.3, 0.4) is 0 Å². The monoisotopic (exact) mass is 535 g/mol. The molecule has 0 bridgehead atoms. The van der Waals surface area contributed by atoms with Crippen molar-refractivity contribution in [2.45, 2.75) is 39.5 Å². The molecule has 0 unspecified atom stereocenters. The summed E-state index contributed by atoms with van der Waals surface area (Å²) in [6.07, 6.45) is -3.02. The number of alkyl halides is 3. The third kappa shape index (κ3) is 6.38. The average molecular weight is 536 g/mol. The third-order valence-electron chi connectivity index (χ3n) is 7.12. The van der Waals surface area contributed by atoms with Gasteiger partial charge in [-0.2, -0.15) is 5.26 Å². The van der Waals surface area contributed by atoms with Crippen molar-refractivity contribution in [1.29, 1.82) is 5.26 Å². The smallest absolute Gasteiger partial charge is 0.406 e. The van der Waals surface area contributed by atoms with Crippen LogP contribution in [0, 0.1) is 18.3 Å². The third-order valence-corrected chi connectivity index (χ3v) is 7.12. The lowest BCUT2D eigenvalue weighted by Crippen LogP contribution is -2.45. The minimum absolute atomic E-state index is 0.0652. The lowest BCUT2D eigenvalue weighted by molar-refractivity contribution is -0.274. The van der Waals surface area contributed by atoms with Gasteiger partial charge >= 0.3 is 6.36 Å². The lowest BCUT2D eigenvalue weighted by Gasteiger charge is -2.34. The van der Waals surface area contributed by atoms with Crippen molar-refractivity contribution in [3.05, 3.63) is 93.8 Å². The van der Waals surface area contributed by atoms with E-state index < -0.39 is 6.36 Å². The highest BCUT2D eigenvalue weighted by Gasteiger charge is 2.32. The molecule has 0 spiro atoms. The Morgan fingerprint density at radius 3 is 2.33 bits per heavy atom. The molecule has 1 aromatic heterocycles. The summed E-state index contributed by atoms with van der Waals surface area (Å²) in [5, 5.41) is 9.31. The van der Waals surface area contributed by atoms with E-state index in [-0.39, 0.29) is 11.7 Å². The molecule has 0 aliphatic carbocycles. The van der Waals surface area contributed by atoms with E-state index in [2.05, 4.69) is 37.7 Å². The minimum Gasteiger partial charge on any atom is -0.406 e. The van der Waals surface area contributed by atoms with Gasteiger partial charge in [-0.3, -0.25) is 19.6 Å². The zero-order valence-corrected chi connectivity index (χ0v) is 21.5.